The molecule has 0 aliphatic carbocycles. The number of amides is 1. The van der Waals surface area contributed by atoms with Crippen molar-refractivity contribution in [2.75, 3.05) is 32.2 Å². The minimum absolute atomic E-state index is 0.192. The van der Waals surface area contributed by atoms with E-state index in [-0.39, 0.29) is 5.56 Å². The summed E-state index contributed by atoms with van der Waals surface area (Å²) >= 11 is 0. The highest BCUT2D eigenvalue weighted by Crippen LogP contribution is 2.39. The lowest BCUT2D eigenvalue weighted by atomic mass is 9.83. The number of hydrogen-bond acceptors (Lipinski definition) is 4. The largest absolute Gasteiger partial charge is 0.416 e. The molecule has 1 N–H and O–H groups in total. The number of carbonyl (C=O) groups is 1. The Morgan fingerprint density at radius 3 is 2.56 bits per heavy atom. The number of rotatable bonds is 6. The second-order valence-corrected chi connectivity index (χ2v) is 9.19. The second-order valence-electron chi connectivity index (χ2n) is 9.19. The molecule has 9 heteroatoms. The van der Waals surface area contributed by atoms with Gasteiger partial charge in [-0.1, -0.05) is 18.2 Å². The summed E-state index contributed by atoms with van der Waals surface area (Å²) in [7, 11) is 1.62. The van der Waals surface area contributed by atoms with E-state index in [1.165, 1.54) is 17.9 Å². The zero-order valence-electron chi connectivity index (χ0n) is 20.5. The molecule has 3 aromatic rings. The van der Waals surface area contributed by atoms with E-state index in [0.29, 0.717) is 31.5 Å². The lowest BCUT2D eigenvalue weighted by molar-refractivity contribution is -0.139. The third-order valence-corrected chi connectivity index (χ3v) is 7.22. The van der Waals surface area contributed by atoms with Gasteiger partial charge >= 0.3 is 6.18 Å². The van der Waals surface area contributed by atoms with Gasteiger partial charge in [-0.25, -0.2) is 4.39 Å². The van der Waals surface area contributed by atoms with E-state index in [1.54, 1.807) is 25.4 Å². The van der Waals surface area contributed by atoms with E-state index < -0.39 is 36.0 Å². The number of hydrogen-bond donors (Lipinski definition) is 1. The van der Waals surface area contributed by atoms with E-state index >= 15 is 0 Å². The molecule has 2 heterocycles. The van der Waals surface area contributed by atoms with Crippen LogP contribution in [0.3, 0.4) is 0 Å². The molecule has 192 valence electrons. The van der Waals surface area contributed by atoms with Crippen LogP contribution in [0.5, 0.6) is 0 Å². The lowest BCUT2D eigenvalue weighted by Crippen LogP contribution is -2.46. The maximum Gasteiger partial charge on any atom is 0.416 e. The molecule has 0 radical (unpaired) electrons. The highest BCUT2D eigenvalue weighted by molar-refractivity contribution is 5.92. The Hall–Kier alpha value is -3.20. The van der Waals surface area contributed by atoms with Crippen LogP contribution in [0.15, 0.2) is 48.7 Å². The predicted molar refractivity (Wildman–Crippen MR) is 130 cm³/mol. The van der Waals surface area contributed by atoms with Crippen molar-refractivity contribution in [1.82, 2.24) is 9.88 Å². The van der Waals surface area contributed by atoms with Crippen molar-refractivity contribution in [3.8, 4) is 0 Å². The average Bonchev–Trinajstić information content (AvgIpc) is 2.87. The number of methoxy groups -OCH3 is 1. The van der Waals surface area contributed by atoms with E-state index in [9.17, 15) is 22.4 Å². The second kappa shape index (κ2) is 10.0. The number of anilines is 1. The Bertz CT molecular complexity index is 1250. The molecule has 1 aromatic heterocycles. The SMILES string of the molecule is COC1(c2ccc3nccc(N[C@H](C)c4cccc(C(F)(F)F)c4C)c3c2)CCN(C(=O)CF)CC1. The van der Waals surface area contributed by atoms with Crippen LogP contribution in [0.25, 0.3) is 10.9 Å². The molecule has 0 saturated carbocycles. The van der Waals surface area contributed by atoms with Crippen molar-refractivity contribution in [2.24, 2.45) is 0 Å². The third kappa shape index (κ3) is 4.89. The summed E-state index contributed by atoms with van der Waals surface area (Å²) in [6, 6.07) is 11.4. The summed E-state index contributed by atoms with van der Waals surface area (Å²) in [5, 5.41) is 4.18. The monoisotopic (exact) mass is 503 g/mol. The van der Waals surface area contributed by atoms with Crippen LogP contribution in [-0.2, 0) is 21.3 Å². The molecular formula is C27H29F4N3O2. The number of benzene rings is 2. The fraction of sp³-hybridized carbons (Fsp3) is 0.407. The van der Waals surface area contributed by atoms with Gasteiger partial charge in [-0.05, 0) is 67.6 Å². The average molecular weight is 504 g/mol. The summed E-state index contributed by atoms with van der Waals surface area (Å²) in [4.78, 5) is 17.7. The third-order valence-electron chi connectivity index (χ3n) is 7.22. The summed E-state index contributed by atoms with van der Waals surface area (Å²) < 4.78 is 59.1. The zero-order chi connectivity index (χ0) is 26.1. The topological polar surface area (TPSA) is 54.5 Å². The normalized spacial score (nSPS) is 16.7. The number of piperidine rings is 1. The number of likely N-dealkylation sites (tertiary alicyclic amines) is 1. The first kappa shape index (κ1) is 25.9. The Balaban J connectivity index is 1.66. The van der Waals surface area contributed by atoms with Crippen molar-refractivity contribution in [3.63, 3.8) is 0 Å². The van der Waals surface area contributed by atoms with Gasteiger partial charge in [-0.15, -0.1) is 0 Å². The summed E-state index contributed by atoms with van der Waals surface area (Å²) in [5.41, 5.74) is 1.84. The molecule has 0 spiro atoms. The quantitative estimate of drug-likeness (QED) is 0.409. The first-order chi connectivity index (χ1) is 17.1. The standard InChI is InChI=1S/C27H29F4N3O2/c1-17-20(5-4-6-22(17)27(29,30)31)18(2)33-24-9-12-32-23-8-7-19(15-21(23)24)26(36-3)10-13-34(14-11-26)25(35)16-28/h4-9,12,15,18H,10-11,13-14,16H2,1-3H3,(H,32,33)/t18-/m1/s1. The zero-order valence-corrected chi connectivity index (χ0v) is 20.5. The van der Waals surface area contributed by atoms with Crippen LogP contribution in [0.4, 0.5) is 23.2 Å². The van der Waals surface area contributed by atoms with Gasteiger partial charge in [-0.2, -0.15) is 13.2 Å². The summed E-state index contributed by atoms with van der Waals surface area (Å²) in [6.45, 7) is 3.08. The van der Waals surface area contributed by atoms with Crippen LogP contribution in [0, 0.1) is 6.92 Å². The van der Waals surface area contributed by atoms with Crippen LogP contribution < -0.4 is 5.32 Å². The number of carbonyl (C=O) groups excluding carboxylic acids is 1. The Morgan fingerprint density at radius 2 is 1.92 bits per heavy atom. The first-order valence-electron chi connectivity index (χ1n) is 11.8. The minimum Gasteiger partial charge on any atom is -0.378 e. The van der Waals surface area contributed by atoms with Gasteiger partial charge in [0.25, 0.3) is 5.91 Å². The Morgan fingerprint density at radius 1 is 1.19 bits per heavy atom. The molecule has 1 aliphatic rings. The maximum atomic E-state index is 13.4. The van der Waals surface area contributed by atoms with Crippen molar-refractivity contribution in [2.45, 2.75) is 44.5 Å². The number of halogens is 4. The Labute approximate surface area is 207 Å². The van der Waals surface area contributed by atoms with Crippen molar-refractivity contribution in [1.29, 1.82) is 0 Å². The first-order valence-corrected chi connectivity index (χ1v) is 11.8. The molecule has 1 fully saturated rings. The van der Waals surface area contributed by atoms with Crippen molar-refractivity contribution < 1.29 is 27.1 Å². The van der Waals surface area contributed by atoms with Crippen LogP contribution in [0.1, 0.15) is 48.1 Å². The number of ether oxygens (including phenoxy) is 1. The van der Waals surface area contributed by atoms with Gasteiger partial charge in [0.1, 0.15) is 0 Å². The number of alkyl halides is 4. The highest BCUT2D eigenvalue weighted by Gasteiger charge is 2.38. The van der Waals surface area contributed by atoms with Gasteiger partial charge in [0.2, 0.25) is 0 Å². The molecule has 1 saturated heterocycles. The molecule has 0 unspecified atom stereocenters. The van der Waals surface area contributed by atoms with Crippen LogP contribution in [-0.4, -0.2) is 42.7 Å². The number of pyridine rings is 1. The fourth-order valence-corrected chi connectivity index (χ4v) is 5.11. The van der Waals surface area contributed by atoms with Gasteiger partial charge in [0.15, 0.2) is 6.67 Å². The van der Waals surface area contributed by atoms with Crippen LogP contribution >= 0.6 is 0 Å². The molecule has 4 rings (SSSR count). The van der Waals surface area contributed by atoms with Crippen LogP contribution in [0.2, 0.25) is 0 Å². The summed E-state index contributed by atoms with van der Waals surface area (Å²) in [5.74, 6) is -0.521. The number of nitrogens with one attached hydrogen (secondary N) is 1. The molecular weight excluding hydrogens is 474 g/mol. The minimum atomic E-state index is -4.42. The maximum absolute atomic E-state index is 13.4. The molecule has 1 atom stereocenters. The van der Waals surface area contributed by atoms with E-state index in [2.05, 4.69) is 10.3 Å². The molecule has 5 nitrogen and oxygen atoms in total. The smallest absolute Gasteiger partial charge is 0.378 e. The predicted octanol–water partition coefficient (Wildman–Crippen LogP) is 6.17. The number of aromatic nitrogens is 1. The van der Waals surface area contributed by atoms with Gasteiger partial charge in [0.05, 0.1) is 16.7 Å². The molecule has 0 bridgehead atoms. The number of nitrogens with zero attached hydrogens (tertiary/aromatic N) is 2. The number of fused-ring (bicyclic) bond motifs is 1. The van der Waals surface area contributed by atoms with Crippen molar-refractivity contribution in [3.05, 3.63) is 70.9 Å². The van der Waals surface area contributed by atoms with E-state index in [1.807, 2.05) is 25.1 Å². The van der Waals surface area contributed by atoms with E-state index in [0.717, 1.165) is 28.2 Å². The van der Waals surface area contributed by atoms with Crippen molar-refractivity contribution >= 4 is 22.5 Å². The van der Waals surface area contributed by atoms with Gasteiger partial charge in [0, 0.05) is 43.5 Å². The van der Waals surface area contributed by atoms with E-state index in [4.69, 9.17) is 4.74 Å². The molecule has 36 heavy (non-hydrogen) atoms. The van der Waals surface area contributed by atoms with Gasteiger partial charge < -0.3 is 15.0 Å². The molecule has 1 amide bonds. The Kier molecular flexibility index (Phi) is 7.22. The molecule has 2 aromatic carbocycles. The lowest BCUT2D eigenvalue weighted by Gasteiger charge is -2.41. The van der Waals surface area contributed by atoms with Gasteiger partial charge in [-0.3, -0.25) is 9.78 Å². The fourth-order valence-electron chi connectivity index (χ4n) is 5.11. The molecule has 1 aliphatic heterocycles. The highest BCUT2D eigenvalue weighted by atomic mass is 19.4. The summed E-state index contributed by atoms with van der Waals surface area (Å²) in [6.07, 6.45) is -1.73.